The molecule has 0 unspecified atom stereocenters. The third-order valence-corrected chi connectivity index (χ3v) is 0.983. The summed E-state index contributed by atoms with van der Waals surface area (Å²) in [5.74, 6) is -2.17. The number of aliphatic hydroxyl groups excluding tert-OH is 3. The number of ketones is 1. The van der Waals surface area contributed by atoms with Crippen molar-refractivity contribution in [3.63, 3.8) is 0 Å². The van der Waals surface area contributed by atoms with Gasteiger partial charge in [-0.15, -0.1) is 0 Å². The van der Waals surface area contributed by atoms with Gasteiger partial charge in [-0.05, 0) is 0 Å². The number of hydrogen-bond donors (Lipinski definition) is 3. The molecule has 4 nitrogen and oxygen atoms in total. The summed E-state index contributed by atoms with van der Waals surface area (Å²) in [6.07, 6.45) is -1.48. The molecule has 0 aromatic rings. The van der Waals surface area contributed by atoms with Gasteiger partial charge in [-0.1, -0.05) is 0 Å². The molecule has 0 spiro atoms. The Hall–Kier alpha value is -1.03. The molecule has 1 rings (SSSR count). The molecular weight excluding hydrogens is 112 g/mol. The summed E-state index contributed by atoms with van der Waals surface area (Å²) >= 11 is 0. The van der Waals surface area contributed by atoms with E-state index in [1.807, 2.05) is 0 Å². The fourth-order valence-corrected chi connectivity index (χ4v) is 0.432. The Morgan fingerprint density at radius 2 is 1.88 bits per heavy atom. The average molecular weight is 116 g/mol. The molecule has 1 atom stereocenters. The van der Waals surface area contributed by atoms with Crippen molar-refractivity contribution in [1.82, 2.24) is 0 Å². The van der Waals surface area contributed by atoms with E-state index >= 15 is 0 Å². The predicted octanol–water partition coefficient (Wildman–Crippen LogP) is -0.742. The highest BCUT2D eigenvalue weighted by atomic mass is 16.4. The Bertz CT molecular complexity index is 169. The van der Waals surface area contributed by atoms with Crippen LogP contribution in [0.25, 0.3) is 0 Å². The van der Waals surface area contributed by atoms with Crippen molar-refractivity contribution >= 4 is 5.78 Å². The molecule has 44 valence electrons. The first-order valence-electron chi connectivity index (χ1n) is 1.99. The quantitative estimate of drug-likeness (QED) is 0.389. The topological polar surface area (TPSA) is 77.8 Å². The van der Waals surface area contributed by atoms with E-state index in [0.29, 0.717) is 0 Å². The first kappa shape index (κ1) is 5.11. The van der Waals surface area contributed by atoms with Crippen molar-refractivity contribution in [3.05, 3.63) is 11.5 Å². The van der Waals surface area contributed by atoms with Gasteiger partial charge in [-0.3, -0.25) is 4.79 Å². The fourth-order valence-electron chi connectivity index (χ4n) is 0.432. The van der Waals surface area contributed by atoms with Crippen molar-refractivity contribution in [1.29, 1.82) is 0 Å². The van der Waals surface area contributed by atoms with Gasteiger partial charge in [-0.25, -0.2) is 0 Å². The summed E-state index contributed by atoms with van der Waals surface area (Å²) in [7, 11) is 0. The van der Waals surface area contributed by atoms with E-state index in [1.165, 1.54) is 0 Å². The number of hydrogen-bond acceptors (Lipinski definition) is 4. The van der Waals surface area contributed by atoms with Gasteiger partial charge in [0.25, 0.3) is 0 Å². The van der Waals surface area contributed by atoms with Crippen molar-refractivity contribution in [2.45, 2.75) is 6.10 Å². The van der Waals surface area contributed by atoms with E-state index in [-0.39, 0.29) is 0 Å². The molecular formula is C4H4O4. The van der Waals surface area contributed by atoms with Crippen molar-refractivity contribution in [2.75, 3.05) is 0 Å². The fraction of sp³-hybridized carbons (Fsp3) is 0.250. The Kier molecular flexibility index (Phi) is 0.783. The van der Waals surface area contributed by atoms with Crippen LogP contribution in [0.5, 0.6) is 0 Å². The largest absolute Gasteiger partial charge is 0.506 e. The Morgan fingerprint density at radius 3 is 2.00 bits per heavy atom. The lowest BCUT2D eigenvalue weighted by Gasteiger charge is -2.17. The van der Waals surface area contributed by atoms with Crippen molar-refractivity contribution in [2.24, 2.45) is 0 Å². The summed E-state index contributed by atoms with van der Waals surface area (Å²) < 4.78 is 0. The Morgan fingerprint density at radius 1 is 1.38 bits per heavy atom. The standard InChI is InChI=1S/C4H4O4/c5-1-2(6)4(8)3(1)7/h1,5-6,8H/t1-/m0/s1. The molecule has 0 saturated carbocycles. The summed E-state index contributed by atoms with van der Waals surface area (Å²) in [5.41, 5.74) is 0. The zero-order chi connectivity index (χ0) is 6.31. The SMILES string of the molecule is O=C1C(O)=C(O)[C@@H]1O. The van der Waals surface area contributed by atoms with E-state index in [9.17, 15) is 4.79 Å². The van der Waals surface area contributed by atoms with E-state index in [1.54, 1.807) is 0 Å². The van der Waals surface area contributed by atoms with Crippen LogP contribution in [-0.2, 0) is 4.79 Å². The van der Waals surface area contributed by atoms with E-state index in [0.717, 1.165) is 0 Å². The van der Waals surface area contributed by atoms with Crippen LogP contribution in [0.1, 0.15) is 0 Å². The zero-order valence-corrected chi connectivity index (χ0v) is 3.83. The van der Waals surface area contributed by atoms with Crippen LogP contribution in [-0.4, -0.2) is 27.2 Å². The molecule has 8 heavy (non-hydrogen) atoms. The van der Waals surface area contributed by atoms with E-state index in [2.05, 4.69) is 0 Å². The number of aliphatic hydroxyl groups is 3. The lowest BCUT2D eigenvalue weighted by atomic mass is 10.0. The Labute approximate surface area is 44.7 Å². The summed E-state index contributed by atoms with van der Waals surface area (Å²) in [4.78, 5) is 10.1. The van der Waals surface area contributed by atoms with Crippen LogP contribution in [0.15, 0.2) is 11.5 Å². The predicted molar refractivity (Wildman–Crippen MR) is 23.3 cm³/mol. The van der Waals surface area contributed by atoms with Gasteiger partial charge >= 0.3 is 0 Å². The van der Waals surface area contributed by atoms with Crippen LogP contribution in [0.3, 0.4) is 0 Å². The first-order valence-corrected chi connectivity index (χ1v) is 1.99. The molecule has 0 heterocycles. The summed E-state index contributed by atoms with van der Waals surface area (Å²) in [6.45, 7) is 0. The Balaban J connectivity index is 2.90. The normalized spacial score (nSPS) is 28.1. The van der Waals surface area contributed by atoms with Crippen LogP contribution in [0.4, 0.5) is 0 Å². The molecule has 0 aliphatic heterocycles. The van der Waals surface area contributed by atoms with E-state index in [4.69, 9.17) is 15.3 Å². The van der Waals surface area contributed by atoms with Crippen LogP contribution in [0.2, 0.25) is 0 Å². The maximum absolute atomic E-state index is 10.1. The molecule has 0 saturated heterocycles. The van der Waals surface area contributed by atoms with Gasteiger partial charge in [0.05, 0.1) is 0 Å². The van der Waals surface area contributed by atoms with Gasteiger partial charge in [0.15, 0.2) is 11.9 Å². The minimum atomic E-state index is -1.48. The lowest BCUT2D eigenvalue weighted by molar-refractivity contribution is -0.130. The minimum Gasteiger partial charge on any atom is -0.506 e. The molecule has 0 aromatic heterocycles. The second kappa shape index (κ2) is 1.23. The molecule has 0 fully saturated rings. The highest BCUT2D eigenvalue weighted by Crippen LogP contribution is 2.18. The van der Waals surface area contributed by atoms with E-state index < -0.39 is 23.4 Å². The third kappa shape index (κ3) is 0.350. The summed E-state index contributed by atoms with van der Waals surface area (Å²) in [6, 6.07) is 0. The monoisotopic (exact) mass is 116 g/mol. The number of Topliss-reactive ketones (excluding diaryl/α,β-unsaturated/α-hetero) is 1. The van der Waals surface area contributed by atoms with Gasteiger partial charge in [0, 0.05) is 0 Å². The lowest BCUT2D eigenvalue weighted by Crippen LogP contribution is -2.36. The minimum absolute atomic E-state index is 0.630. The summed E-state index contributed by atoms with van der Waals surface area (Å²) in [5, 5.41) is 24.9. The number of carbonyl (C=O) groups excluding carboxylic acids is 1. The number of carbonyl (C=O) groups is 1. The molecule has 0 amide bonds. The van der Waals surface area contributed by atoms with Crippen LogP contribution < -0.4 is 0 Å². The molecule has 4 heteroatoms. The maximum atomic E-state index is 10.1. The highest BCUT2D eigenvalue weighted by molar-refractivity contribution is 6.05. The third-order valence-electron chi connectivity index (χ3n) is 0.983. The average Bonchev–Trinajstić information content (AvgIpc) is 1.83. The number of rotatable bonds is 0. The molecule has 0 radical (unpaired) electrons. The van der Waals surface area contributed by atoms with Crippen molar-refractivity contribution < 1.29 is 20.1 Å². The van der Waals surface area contributed by atoms with Gasteiger partial charge < -0.3 is 15.3 Å². The molecule has 1 aliphatic carbocycles. The smallest absolute Gasteiger partial charge is 0.237 e. The molecule has 3 N–H and O–H groups in total. The van der Waals surface area contributed by atoms with Gasteiger partial charge in [0.1, 0.15) is 0 Å². The van der Waals surface area contributed by atoms with Crippen LogP contribution in [0, 0.1) is 0 Å². The molecule has 1 aliphatic rings. The van der Waals surface area contributed by atoms with Gasteiger partial charge in [-0.2, -0.15) is 0 Å². The first-order chi connectivity index (χ1) is 3.64. The second-order valence-electron chi connectivity index (χ2n) is 1.50. The molecule has 0 bridgehead atoms. The van der Waals surface area contributed by atoms with Crippen molar-refractivity contribution in [3.8, 4) is 0 Å². The maximum Gasteiger partial charge on any atom is 0.237 e. The second-order valence-corrected chi connectivity index (χ2v) is 1.50. The molecule has 0 aromatic carbocycles. The zero-order valence-electron chi connectivity index (χ0n) is 3.83. The van der Waals surface area contributed by atoms with Crippen LogP contribution >= 0.6 is 0 Å². The van der Waals surface area contributed by atoms with Gasteiger partial charge in [0.2, 0.25) is 11.5 Å². The highest BCUT2D eigenvalue weighted by Gasteiger charge is 2.38.